The molecule has 0 radical (unpaired) electrons. The summed E-state index contributed by atoms with van der Waals surface area (Å²) in [4.78, 5) is 2.61. The lowest BCUT2D eigenvalue weighted by Crippen LogP contribution is -2.43. The molecule has 0 aromatic heterocycles. The number of hydrogen-bond donors (Lipinski definition) is 1. The molecule has 0 atom stereocenters. The summed E-state index contributed by atoms with van der Waals surface area (Å²) in [6.07, 6.45) is 2.80. The molecule has 0 bridgehead atoms. The molecule has 0 spiro atoms. The predicted octanol–water partition coefficient (Wildman–Crippen LogP) is 3.34. The fourth-order valence-electron chi connectivity index (χ4n) is 2.95. The summed E-state index contributed by atoms with van der Waals surface area (Å²) < 4.78 is 24.9. The molecule has 1 saturated heterocycles. The standard InChI is InChI=1S/C16H22F2N2/c17-16(18)13-3-1-12(2-4-13)11-19-14-7-9-20(10-8-14)15-5-6-15/h1-4,14-16,19H,5-11H2. The molecular formula is C16H22F2N2. The van der Waals surface area contributed by atoms with Crippen LogP contribution in [0.15, 0.2) is 24.3 Å². The molecule has 1 heterocycles. The van der Waals surface area contributed by atoms with Crippen molar-refractivity contribution >= 4 is 0 Å². The molecule has 1 saturated carbocycles. The zero-order valence-corrected chi connectivity index (χ0v) is 11.7. The molecule has 2 aliphatic rings. The van der Waals surface area contributed by atoms with Crippen molar-refractivity contribution in [1.82, 2.24) is 10.2 Å². The van der Waals surface area contributed by atoms with Gasteiger partial charge in [0.15, 0.2) is 0 Å². The summed E-state index contributed by atoms with van der Waals surface area (Å²) in [5, 5.41) is 3.55. The van der Waals surface area contributed by atoms with Gasteiger partial charge in [0.2, 0.25) is 0 Å². The number of piperidine rings is 1. The summed E-state index contributed by atoms with van der Waals surface area (Å²) in [6, 6.07) is 8.09. The number of alkyl halides is 2. The van der Waals surface area contributed by atoms with Crippen LogP contribution in [0.2, 0.25) is 0 Å². The van der Waals surface area contributed by atoms with E-state index in [0.717, 1.165) is 18.2 Å². The second kappa shape index (κ2) is 6.19. The van der Waals surface area contributed by atoms with Crippen LogP contribution in [0.3, 0.4) is 0 Å². The van der Waals surface area contributed by atoms with Crippen molar-refractivity contribution in [3.63, 3.8) is 0 Å². The lowest BCUT2D eigenvalue weighted by Gasteiger charge is -2.32. The van der Waals surface area contributed by atoms with Gasteiger partial charge >= 0.3 is 0 Å². The van der Waals surface area contributed by atoms with E-state index in [2.05, 4.69) is 10.2 Å². The van der Waals surface area contributed by atoms with Gasteiger partial charge in [0.05, 0.1) is 0 Å². The van der Waals surface area contributed by atoms with Gasteiger partial charge in [-0.15, -0.1) is 0 Å². The third-order valence-electron chi connectivity index (χ3n) is 4.42. The van der Waals surface area contributed by atoms with Crippen molar-refractivity contribution in [3.8, 4) is 0 Å². The Hall–Kier alpha value is -1.00. The van der Waals surface area contributed by atoms with Crippen LogP contribution in [0.4, 0.5) is 8.78 Å². The molecule has 1 N–H and O–H groups in total. The molecule has 20 heavy (non-hydrogen) atoms. The van der Waals surface area contributed by atoms with Crippen LogP contribution < -0.4 is 5.32 Å². The maximum absolute atomic E-state index is 12.5. The fraction of sp³-hybridized carbons (Fsp3) is 0.625. The molecule has 4 heteroatoms. The highest BCUT2D eigenvalue weighted by molar-refractivity contribution is 5.23. The van der Waals surface area contributed by atoms with Crippen molar-refractivity contribution in [3.05, 3.63) is 35.4 Å². The summed E-state index contributed by atoms with van der Waals surface area (Å²) in [5.74, 6) is 0. The van der Waals surface area contributed by atoms with Crippen LogP contribution in [-0.2, 0) is 6.54 Å². The lowest BCUT2D eigenvalue weighted by molar-refractivity contribution is 0.151. The van der Waals surface area contributed by atoms with Gasteiger partial charge in [-0.25, -0.2) is 8.78 Å². The highest BCUT2D eigenvalue weighted by Crippen LogP contribution is 2.29. The van der Waals surface area contributed by atoms with Gasteiger partial charge in [-0.05, 0) is 44.3 Å². The summed E-state index contributed by atoms with van der Waals surface area (Å²) in [7, 11) is 0. The van der Waals surface area contributed by atoms with Gasteiger partial charge in [0.25, 0.3) is 6.43 Å². The van der Waals surface area contributed by atoms with Crippen LogP contribution in [0.1, 0.15) is 43.2 Å². The largest absolute Gasteiger partial charge is 0.310 e. The maximum Gasteiger partial charge on any atom is 0.263 e. The molecule has 1 aliphatic heterocycles. The highest BCUT2D eigenvalue weighted by atomic mass is 19.3. The molecule has 3 rings (SSSR count). The van der Waals surface area contributed by atoms with E-state index in [9.17, 15) is 8.78 Å². The average molecular weight is 280 g/mol. The van der Waals surface area contributed by atoms with Gasteiger partial charge < -0.3 is 10.2 Å². The first-order valence-electron chi connectivity index (χ1n) is 7.57. The monoisotopic (exact) mass is 280 g/mol. The van der Waals surface area contributed by atoms with Crippen molar-refractivity contribution < 1.29 is 8.78 Å². The minimum Gasteiger partial charge on any atom is -0.310 e. The van der Waals surface area contributed by atoms with E-state index in [4.69, 9.17) is 0 Å². The number of nitrogens with zero attached hydrogens (tertiary/aromatic N) is 1. The zero-order valence-electron chi connectivity index (χ0n) is 11.7. The van der Waals surface area contributed by atoms with E-state index >= 15 is 0 Å². The van der Waals surface area contributed by atoms with E-state index < -0.39 is 6.43 Å². The van der Waals surface area contributed by atoms with Gasteiger partial charge in [0, 0.05) is 24.2 Å². The SMILES string of the molecule is FC(F)c1ccc(CNC2CCN(C3CC3)CC2)cc1. The van der Waals surface area contributed by atoms with E-state index in [1.54, 1.807) is 12.1 Å². The molecule has 2 fully saturated rings. The summed E-state index contributed by atoms with van der Waals surface area (Å²) >= 11 is 0. The predicted molar refractivity (Wildman–Crippen MR) is 75.9 cm³/mol. The maximum atomic E-state index is 12.5. The summed E-state index contributed by atoms with van der Waals surface area (Å²) in [5.41, 5.74) is 1.19. The Balaban J connectivity index is 1.42. The van der Waals surface area contributed by atoms with E-state index in [1.165, 1.54) is 50.9 Å². The van der Waals surface area contributed by atoms with E-state index in [1.807, 2.05) is 0 Å². The van der Waals surface area contributed by atoms with Crippen LogP contribution in [0, 0.1) is 0 Å². The first kappa shape index (κ1) is 14.0. The van der Waals surface area contributed by atoms with E-state index in [-0.39, 0.29) is 5.56 Å². The first-order valence-corrected chi connectivity index (χ1v) is 7.57. The zero-order chi connectivity index (χ0) is 13.9. The smallest absolute Gasteiger partial charge is 0.263 e. The average Bonchev–Trinajstić information content (AvgIpc) is 3.31. The first-order chi connectivity index (χ1) is 9.72. The molecule has 110 valence electrons. The number of rotatable bonds is 5. The Kier molecular flexibility index (Phi) is 4.32. The van der Waals surface area contributed by atoms with Gasteiger partial charge in [-0.2, -0.15) is 0 Å². The fourth-order valence-corrected chi connectivity index (χ4v) is 2.95. The highest BCUT2D eigenvalue weighted by Gasteiger charge is 2.31. The third-order valence-corrected chi connectivity index (χ3v) is 4.42. The minimum absolute atomic E-state index is 0.103. The van der Waals surface area contributed by atoms with Crippen molar-refractivity contribution in [2.45, 2.75) is 50.7 Å². The van der Waals surface area contributed by atoms with Crippen LogP contribution >= 0.6 is 0 Å². The van der Waals surface area contributed by atoms with E-state index in [0.29, 0.717) is 6.04 Å². The number of likely N-dealkylation sites (tertiary alicyclic amines) is 1. The number of nitrogens with one attached hydrogen (secondary N) is 1. The second-order valence-corrected chi connectivity index (χ2v) is 5.96. The topological polar surface area (TPSA) is 15.3 Å². The molecule has 0 unspecified atom stereocenters. The van der Waals surface area contributed by atoms with Crippen molar-refractivity contribution in [2.75, 3.05) is 13.1 Å². The Labute approximate surface area is 119 Å². The van der Waals surface area contributed by atoms with Crippen LogP contribution in [-0.4, -0.2) is 30.1 Å². The second-order valence-electron chi connectivity index (χ2n) is 5.96. The quantitative estimate of drug-likeness (QED) is 0.890. The normalized spacial score (nSPS) is 21.6. The van der Waals surface area contributed by atoms with Gasteiger partial charge in [-0.3, -0.25) is 0 Å². The lowest BCUT2D eigenvalue weighted by atomic mass is 10.0. The molecule has 1 aromatic carbocycles. The molecule has 1 aliphatic carbocycles. The molecular weight excluding hydrogens is 258 g/mol. The van der Waals surface area contributed by atoms with Gasteiger partial charge in [-0.1, -0.05) is 24.3 Å². The number of hydrogen-bond acceptors (Lipinski definition) is 2. The number of benzene rings is 1. The van der Waals surface area contributed by atoms with Crippen LogP contribution in [0.25, 0.3) is 0 Å². The molecule has 1 aromatic rings. The summed E-state index contributed by atoms with van der Waals surface area (Å²) in [6.45, 7) is 3.18. The van der Waals surface area contributed by atoms with Crippen molar-refractivity contribution in [1.29, 1.82) is 0 Å². The minimum atomic E-state index is -2.37. The Bertz CT molecular complexity index is 421. The van der Waals surface area contributed by atoms with Gasteiger partial charge in [0.1, 0.15) is 0 Å². The number of halogens is 2. The molecule has 2 nitrogen and oxygen atoms in total. The van der Waals surface area contributed by atoms with Crippen molar-refractivity contribution in [2.24, 2.45) is 0 Å². The Morgan fingerprint density at radius 2 is 1.70 bits per heavy atom. The Morgan fingerprint density at radius 1 is 1.05 bits per heavy atom. The van der Waals surface area contributed by atoms with Crippen LogP contribution in [0.5, 0.6) is 0 Å². The Morgan fingerprint density at radius 3 is 2.25 bits per heavy atom. The molecule has 0 amide bonds. The third kappa shape index (κ3) is 3.55.